The predicted octanol–water partition coefficient (Wildman–Crippen LogP) is 0.681. The molecule has 4 nitrogen and oxygen atoms in total. The third-order valence-corrected chi connectivity index (χ3v) is 5.11. The lowest BCUT2D eigenvalue weighted by Gasteiger charge is -2.31. The summed E-state index contributed by atoms with van der Waals surface area (Å²) in [5, 5.41) is 3.36. The SMILES string of the molecule is CN1C2CCC1CN(C(=O)C1CCCNC1)CC2. The molecule has 3 aliphatic rings. The van der Waals surface area contributed by atoms with E-state index in [1.165, 1.54) is 19.3 Å². The van der Waals surface area contributed by atoms with Gasteiger partial charge in [0, 0.05) is 31.7 Å². The van der Waals surface area contributed by atoms with Gasteiger partial charge in [-0.25, -0.2) is 0 Å². The van der Waals surface area contributed by atoms with Gasteiger partial charge in [0.1, 0.15) is 0 Å². The number of rotatable bonds is 1. The summed E-state index contributed by atoms with van der Waals surface area (Å²) in [4.78, 5) is 17.2. The highest BCUT2D eigenvalue weighted by molar-refractivity contribution is 5.79. The summed E-state index contributed by atoms with van der Waals surface area (Å²) < 4.78 is 0. The van der Waals surface area contributed by atoms with Crippen LogP contribution in [-0.2, 0) is 4.79 Å². The summed E-state index contributed by atoms with van der Waals surface area (Å²) >= 11 is 0. The number of likely N-dealkylation sites (tertiary alicyclic amines) is 1. The second kappa shape index (κ2) is 5.17. The van der Waals surface area contributed by atoms with Crippen LogP contribution in [0.1, 0.15) is 32.1 Å². The average Bonchev–Trinajstić information content (AvgIpc) is 2.64. The van der Waals surface area contributed by atoms with Crippen LogP contribution >= 0.6 is 0 Å². The van der Waals surface area contributed by atoms with Gasteiger partial charge in [-0.15, -0.1) is 0 Å². The van der Waals surface area contributed by atoms with E-state index in [0.29, 0.717) is 11.9 Å². The molecule has 18 heavy (non-hydrogen) atoms. The maximum Gasteiger partial charge on any atom is 0.227 e. The fourth-order valence-electron chi connectivity index (χ4n) is 3.83. The van der Waals surface area contributed by atoms with Crippen molar-refractivity contribution in [2.24, 2.45) is 5.92 Å². The molecule has 0 aromatic heterocycles. The van der Waals surface area contributed by atoms with Gasteiger partial charge in [-0.1, -0.05) is 0 Å². The zero-order chi connectivity index (χ0) is 12.5. The molecular weight excluding hydrogens is 226 g/mol. The minimum absolute atomic E-state index is 0.237. The van der Waals surface area contributed by atoms with Crippen LogP contribution in [0, 0.1) is 5.92 Å². The van der Waals surface area contributed by atoms with Crippen LogP contribution in [-0.4, -0.2) is 61.0 Å². The molecule has 1 N–H and O–H groups in total. The quantitative estimate of drug-likeness (QED) is 0.744. The minimum Gasteiger partial charge on any atom is -0.341 e. The first-order chi connectivity index (χ1) is 8.75. The lowest BCUT2D eigenvalue weighted by molar-refractivity contribution is -0.136. The molecule has 0 spiro atoms. The Balaban J connectivity index is 1.63. The van der Waals surface area contributed by atoms with Crippen molar-refractivity contribution in [3.05, 3.63) is 0 Å². The van der Waals surface area contributed by atoms with Crippen molar-refractivity contribution < 1.29 is 4.79 Å². The number of nitrogens with zero attached hydrogens (tertiary/aromatic N) is 2. The van der Waals surface area contributed by atoms with E-state index in [4.69, 9.17) is 0 Å². The van der Waals surface area contributed by atoms with Gasteiger partial charge in [-0.3, -0.25) is 9.69 Å². The largest absolute Gasteiger partial charge is 0.341 e. The minimum atomic E-state index is 0.237. The molecule has 3 saturated heterocycles. The normalized spacial score (nSPS) is 37.6. The van der Waals surface area contributed by atoms with Gasteiger partial charge in [-0.2, -0.15) is 0 Å². The molecule has 0 saturated carbocycles. The zero-order valence-electron chi connectivity index (χ0n) is 11.4. The maximum atomic E-state index is 12.6. The second-order valence-electron chi connectivity index (χ2n) is 6.17. The Morgan fingerprint density at radius 1 is 1.17 bits per heavy atom. The van der Waals surface area contributed by atoms with Gasteiger partial charge >= 0.3 is 0 Å². The lowest BCUT2D eigenvalue weighted by Crippen LogP contribution is -2.46. The summed E-state index contributed by atoms with van der Waals surface area (Å²) in [6.45, 7) is 3.90. The number of likely N-dealkylation sites (N-methyl/N-ethyl adjacent to an activating group) is 1. The zero-order valence-corrected chi connectivity index (χ0v) is 11.4. The predicted molar refractivity (Wildman–Crippen MR) is 71.4 cm³/mol. The maximum absolute atomic E-state index is 12.6. The highest BCUT2D eigenvalue weighted by Crippen LogP contribution is 2.29. The van der Waals surface area contributed by atoms with Crippen molar-refractivity contribution in [1.82, 2.24) is 15.1 Å². The Morgan fingerprint density at radius 3 is 2.78 bits per heavy atom. The van der Waals surface area contributed by atoms with E-state index in [1.807, 2.05) is 0 Å². The number of piperidine rings is 1. The summed E-state index contributed by atoms with van der Waals surface area (Å²) in [6, 6.07) is 1.33. The van der Waals surface area contributed by atoms with Gasteiger partial charge in [-0.05, 0) is 45.7 Å². The molecule has 3 heterocycles. The number of amides is 1. The van der Waals surface area contributed by atoms with Crippen molar-refractivity contribution in [3.63, 3.8) is 0 Å². The monoisotopic (exact) mass is 251 g/mol. The molecule has 3 atom stereocenters. The first-order valence-corrected chi connectivity index (χ1v) is 7.47. The Bertz CT molecular complexity index is 314. The molecular formula is C14H25N3O. The van der Waals surface area contributed by atoms with Crippen LogP contribution in [0.2, 0.25) is 0 Å². The van der Waals surface area contributed by atoms with E-state index in [-0.39, 0.29) is 5.92 Å². The fourth-order valence-corrected chi connectivity index (χ4v) is 3.83. The smallest absolute Gasteiger partial charge is 0.227 e. The summed E-state index contributed by atoms with van der Waals surface area (Å²) in [5.74, 6) is 0.642. The Labute approximate surface area is 110 Å². The number of hydrogen-bond donors (Lipinski definition) is 1. The van der Waals surface area contributed by atoms with E-state index in [0.717, 1.165) is 45.1 Å². The molecule has 102 valence electrons. The van der Waals surface area contributed by atoms with Crippen molar-refractivity contribution in [1.29, 1.82) is 0 Å². The van der Waals surface area contributed by atoms with Crippen molar-refractivity contribution >= 4 is 5.91 Å². The molecule has 3 rings (SSSR count). The van der Waals surface area contributed by atoms with Crippen molar-refractivity contribution in [2.45, 2.75) is 44.2 Å². The number of fused-ring (bicyclic) bond motifs is 2. The highest BCUT2D eigenvalue weighted by atomic mass is 16.2. The highest BCUT2D eigenvalue weighted by Gasteiger charge is 2.37. The Kier molecular flexibility index (Phi) is 3.57. The number of nitrogens with one attached hydrogen (secondary N) is 1. The van der Waals surface area contributed by atoms with Crippen LogP contribution in [0.3, 0.4) is 0 Å². The van der Waals surface area contributed by atoms with Crippen LogP contribution < -0.4 is 5.32 Å². The molecule has 0 aliphatic carbocycles. The molecule has 4 heteroatoms. The van der Waals surface area contributed by atoms with E-state index < -0.39 is 0 Å². The lowest BCUT2D eigenvalue weighted by atomic mass is 9.97. The van der Waals surface area contributed by atoms with E-state index in [1.54, 1.807) is 0 Å². The molecule has 0 aromatic carbocycles. The van der Waals surface area contributed by atoms with E-state index in [2.05, 4.69) is 22.2 Å². The molecule has 3 fully saturated rings. The van der Waals surface area contributed by atoms with Crippen LogP contribution in [0.4, 0.5) is 0 Å². The topological polar surface area (TPSA) is 35.6 Å². The molecule has 2 bridgehead atoms. The Morgan fingerprint density at radius 2 is 2.00 bits per heavy atom. The first kappa shape index (κ1) is 12.4. The first-order valence-electron chi connectivity index (χ1n) is 7.47. The number of carbonyl (C=O) groups is 1. The Hall–Kier alpha value is -0.610. The van der Waals surface area contributed by atoms with Crippen molar-refractivity contribution in [3.8, 4) is 0 Å². The van der Waals surface area contributed by atoms with Crippen molar-refractivity contribution in [2.75, 3.05) is 33.2 Å². The summed E-state index contributed by atoms with van der Waals surface area (Å²) in [7, 11) is 2.23. The number of hydrogen-bond acceptors (Lipinski definition) is 3. The van der Waals surface area contributed by atoms with Gasteiger partial charge in [0.15, 0.2) is 0 Å². The molecule has 3 unspecified atom stereocenters. The van der Waals surface area contributed by atoms with E-state index >= 15 is 0 Å². The van der Waals surface area contributed by atoms with Gasteiger partial charge in [0.05, 0.1) is 5.92 Å². The van der Waals surface area contributed by atoms with E-state index in [9.17, 15) is 4.79 Å². The molecule has 0 radical (unpaired) electrons. The molecule has 0 aromatic rings. The average molecular weight is 251 g/mol. The van der Waals surface area contributed by atoms with Gasteiger partial charge in [0.2, 0.25) is 5.91 Å². The van der Waals surface area contributed by atoms with Crippen LogP contribution in [0.25, 0.3) is 0 Å². The second-order valence-corrected chi connectivity index (χ2v) is 6.17. The number of carbonyl (C=O) groups excluding carboxylic acids is 1. The molecule has 3 aliphatic heterocycles. The summed E-state index contributed by atoms with van der Waals surface area (Å²) in [5.41, 5.74) is 0. The third kappa shape index (κ3) is 2.28. The standard InChI is InChI=1S/C14H25N3O/c1-16-12-4-5-13(16)10-17(8-6-12)14(18)11-3-2-7-15-9-11/h11-13,15H,2-10H2,1H3. The van der Waals surface area contributed by atoms with Gasteiger partial charge in [0.25, 0.3) is 0 Å². The van der Waals surface area contributed by atoms with Crippen LogP contribution in [0.5, 0.6) is 0 Å². The third-order valence-electron chi connectivity index (χ3n) is 5.11. The van der Waals surface area contributed by atoms with Gasteiger partial charge < -0.3 is 10.2 Å². The fraction of sp³-hybridized carbons (Fsp3) is 0.929. The van der Waals surface area contributed by atoms with Crippen LogP contribution in [0.15, 0.2) is 0 Å². The molecule has 1 amide bonds. The summed E-state index contributed by atoms with van der Waals surface area (Å²) in [6.07, 6.45) is 5.99.